The molecule has 21 heavy (non-hydrogen) atoms. The minimum atomic E-state index is 0.213. The van der Waals surface area contributed by atoms with Gasteiger partial charge >= 0.3 is 0 Å². The first kappa shape index (κ1) is 14.0. The lowest BCUT2D eigenvalue weighted by Gasteiger charge is -2.25. The van der Waals surface area contributed by atoms with Gasteiger partial charge in [0.05, 0.1) is 12.7 Å². The molecule has 1 atom stereocenters. The summed E-state index contributed by atoms with van der Waals surface area (Å²) < 4.78 is 11.7. The highest BCUT2D eigenvalue weighted by Crippen LogP contribution is 2.32. The second kappa shape index (κ2) is 6.64. The van der Waals surface area contributed by atoms with E-state index >= 15 is 0 Å². The van der Waals surface area contributed by atoms with Crippen LogP contribution in [-0.2, 0) is 11.2 Å². The van der Waals surface area contributed by atoms with E-state index in [0.29, 0.717) is 13.2 Å². The van der Waals surface area contributed by atoms with E-state index in [1.54, 1.807) is 0 Å². The van der Waals surface area contributed by atoms with Crippen LogP contribution in [0.15, 0.2) is 48.5 Å². The molecular weight excluding hydrogens is 262 g/mol. The molecule has 110 valence electrons. The number of aryl methyl sites for hydroxylation is 1. The van der Waals surface area contributed by atoms with Gasteiger partial charge in [-0.15, -0.1) is 0 Å². The Kier molecular flexibility index (Phi) is 4.41. The van der Waals surface area contributed by atoms with Gasteiger partial charge in [-0.1, -0.05) is 24.3 Å². The number of nitrogens with two attached hydrogens (primary N) is 1. The maximum absolute atomic E-state index is 6.01. The lowest BCUT2D eigenvalue weighted by atomic mass is 9.89. The Bertz CT molecular complexity index is 580. The van der Waals surface area contributed by atoms with Crippen LogP contribution >= 0.6 is 0 Å². The van der Waals surface area contributed by atoms with Crippen LogP contribution in [0.4, 0.5) is 5.69 Å². The average Bonchev–Trinajstić information content (AvgIpc) is 2.53. The molecule has 1 aliphatic rings. The minimum absolute atomic E-state index is 0.213. The van der Waals surface area contributed by atoms with Crippen LogP contribution in [0.3, 0.4) is 0 Å². The Hall–Kier alpha value is -2.00. The smallest absolute Gasteiger partial charge is 0.119 e. The molecule has 0 aromatic heterocycles. The molecule has 1 unspecified atom stereocenters. The van der Waals surface area contributed by atoms with Crippen molar-refractivity contribution in [1.29, 1.82) is 0 Å². The van der Waals surface area contributed by atoms with Crippen LogP contribution in [0.5, 0.6) is 5.75 Å². The topological polar surface area (TPSA) is 44.5 Å². The highest BCUT2D eigenvalue weighted by molar-refractivity contribution is 5.41. The van der Waals surface area contributed by atoms with Gasteiger partial charge in [0.2, 0.25) is 0 Å². The van der Waals surface area contributed by atoms with E-state index in [9.17, 15) is 0 Å². The zero-order valence-corrected chi connectivity index (χ0v) is 12.1. The summed E-state index contributed by atoms with van der Waals surface area (Å²) in [5, 5.41) is 0. The van der Waals surface area contributed by atoms with Crippen molar-refractivity contribution in [2.45, 2.75) is 25.4 Å². The van der Waals surface area contributed by atoms with E-state index in [2.05, 4.69) is 24.3 Å². The predicted octanol–water partition coefficient (Wildman–Crippen LogP) is 3.74. The normalized spacial score (nSPS) is 17.2. The number of fused-ring (bicyclic) bond motifs is 1. The summed E-state index contributed by atoms with van der Waals surface area (Å²) in [6.07, 6.45) is 3.67. The van der Waals surface area contributed by atoms with Crippen molar-refractivity contribution in [2.75, 3.05) is 18.9 Å². The quantitative estimate of drug-likeness (QED) is 0.671. The molecule has 2 aromatic carbocycles. The molecule has 2 N–H and O–H groups in total. The first-order valence-corrected chi connectivity index (χ1v) is 7.51. The Balaban J connectivity index is 1.49. The second-order valence-corrected chi connectivity index (χ2v) is 5.37. The summed E-state index contributed by atoms with van der Waals surface area (Å²) in [5.74, 6) is 0.830. The van der Waals surface area contributed by atoms with Gasteiger partial charge in [0.1, 0.15) is 12.4 Å². The van der Waals surface area contributed by atoms with Gasteiger partial charge in [-0.05, 0) is 54.7 Å². The van der Waals surface area contributed by atoms with E-state index in [-0.39, 0.29) is 6.10 Å². The maximum Gasteiger partial charge on any atom is 0.119 e. The fourth-order valence-electron chi connectivity index (χ4n) is 2.80. The van der Waals surface area contributed by atoms with Crippen molar-refractivity contribution in [1.82, 2.24) is 0 Å². The Morgan fingerprint density at radius 3 is 2.67 bits per heavy atom. The Labute approximate surface area is 125 Å². The molecule has 0 heterocycles. The van der Waals surface area contributed by atoms with Crippen LogP contribution in [0.2, 0.25) is 0 Å². The maximum atomic E-state index is 6.01. The second-order valence-electron chi connectivity index (χ2n) is 5.37. The molecular formula is C18H21NO2. The third-order valence-electron chi connectivity index (χ3n) is 3.87. The fourth-order valence-corrected chi connectivity index (χ4v) is 2.80. The highest BCUT2D eigenvalue weighted by Gasteiger charge is 2.19. The van der Waals surface area contributed by atoms with Crippen molar-refractivity contribution in [2.24, 2.45) is 0 Å². The van der Waals surface area contributed by atoms with E-state index in [4.69, 9.17) is 15.2 Å². The number of ether oxygens (including phenoxy) is 2. The van der Waals surface area contributed by atoms with Crippen LogP contribution in [0, 0.1) is 0 Å². The predicted molar refractivity (Wildman–Crippen MR) is 84.4 cm³/mol. The molecule has 0 bridgehead atoms. The minimum Gasteiger partial charge on any atom is -0.491 e. The molecule has 0 amide bonds. The largest absolute Gasteiger partial charge is 0.491 e. The van der Waals surface area contributed by atoms with E-state index in [0.717, 1.165) is 24.3 Å². The summed E-state index contributed by atoms with van der Waals surface area (Å²) >= 11 is 0. The summed E-state index contributed by atoms with van der Waals surface area (Å²) in [7, 11) is 0. The van der Waals surface area contributed by atoms with Crippen molar-refractivity contribution in [3.05, 3.63) is 59.7 Å². The molecule has 3 rings (SSSR count). The number of hydrogen-bond donors (Lipinski definition) is 1. The molecule has 2 aromatic rings. The standard InChI is InChI=1S/C18H21NO2/c19-15-8-10-16(11-9-15)20-12-13-21-18-7-3-5-14-4-1-2-6-17(14)18/h1-2,4,6,8-11,18H,3,5,7,12-13,19H2. The molecule has 0 fully saturated rings. The Morgan fingerprint density at radius 1 is 1.00 bits per heavy atom. The van der Waals surface area contributed by atoms with Crippen LogP contribution in [0.1, 0.15) is 30.1 Å². The number of hydrogen-bond acceptors (Lipinski definition) is 3. The monoisotopic (exact) mass is 283 g/mol. The fraction of sp³-hybridized carbons (Fsp3) is 0.333. The van der Waals surface area contributed by atoms with Crippen molar-refractivity contribution in [3.63, 3.8) is 0 Å². The van der Waals surface area contributed by atoms with Crippen molar-refractivity contribution >= 4 is 5.69 Å². The van der Waals surface area contributed by atoms with E-state index in [1.807, 2.05) is 24.3 Å². The van der Waals surface area contributed by atoms with Crippen LogP contribution < -0.4 is 10.5 Å². The van der Waals surface area contributed by atoms with Gasteiger partial charge in [-0.2, -0.15) is 0 Å². The Morgan fingerprint density at radius 2 is 1.81 bits per heavy atom. The third-order valence-corrected chi connectivity index (χ3v) is 3.87. The van der Waals surface area contributed by atoms with Gasteiger partial charge in [0.25, 0.3) is 0 Å². The molecule has 0 aliphatic heterocycles. The molecule has 0 radical (unpaired) electrons. The zero-order chi connectivity index (χ0) is 14.5. The molecule has 3 heteroatoms. The van der Waals surface area contributed by atoms with Crippen LogP contribution in [0.25, 0.3) is 0 Å². The van der Waals surface area contributed by atoms with Crippen molar-refractivity contribution < 1.29 is 9.47 Å². The third kappa shape index (κ3) is 3.56. The zero-order valence-electron chi connectivity index (χ0n) is 12.1. The number of anilines is 1. The van der Waals surface area contributed by atoms with Crippen LogP contribution in [-0.4, -0.2) is 13.2 Å². The summed E-state index contributed by atoms with van der Waals surface area (Å²) in [4.78, 5) is 0. The number of benzene rings is 2. The summed E-state index contributed by atoms with van der Waals surface area (Å²) in [5.41, 5.74) is 9.16. The molecule has 0 spiro atoms. The summed E-state index contributed by atoms with van der Waals surface area (Å²) in [6.45, 7) is 1.16. The highest BCUT2D eigenvalue weighted by atomic mass is 16.5. The van der Waals surface area contributed by atoms with Crippen molar-refractivity contribution in [3.8, 4) is 5.75 Å². The lowest BCUT2D eigenvalue weighted by Crippen LogP contribution is -2.16. The van der Waals surface area contributed by atoms with E-state index in [1.165, 1.54) is 17.5 Å². The van der Waals surface area contributed by atoms with Gasteiger partial charge < -0.3 is 15.2 Å². The van der Waals surface area contributed by atoms with Gasteiger partial charge in [-0.3, -0.25) is 0 Å². The molecule has 3 nitrogen and oxygen atoms in total. The number of rotatable bonds is 5. The van der Waals surface area contributed by atoms with Gasteiger partial charge in [0.15, 0.2) is 0 Å². The van der Waals surface area contributed by atoms with Gasteiger partial charge in [-0.25, -0.2) is 0 Å². The first-order valence-electron chi connectivity index (χ1n) is 7.51. The first-order chi connectivity index (χ1) is 10.3. The molecule has 0 saturated carbocycles. The SMILES string of the molecule is Nc1ccc(OCCOC2CCCc3ccccc32)cc1. The van der Waals surface area contributed by atoms with E-state index < -0.39 is 0 Å². The molecule has 1 aliphatic carbocycles. The average molecular weight is 283 g/mol. The summed E-state index contributed by atoms with van der Waals surface area (Å²) in [6, 6.07) is 16.0. The lowest BCUT2D eigenvalue weighted by molar-refractivity contribution is 0.0229. The molecule has 0 saturated heterocycles. The van der Waals surface area contributed by atoms with Gasteiger partial charge in [0, 0.05) is 5.69 Å². The number of nitrogen functional groups attached to an aromatic ring is 1.